The fourth-order valence-corrected chi connectivity index (χ4v) is 1.69. The molecule has 15 heavy (non-hydrogen) atoms. The summed E-state index contributed by atoms with van der Waals surface area (Å²) in [5.41, 5.74) is 1.57. The second-order valence-electron chi connectivity index (χ2n) is 3.39. The van der Waals surface area contributed by atoms with E-state index in [1.807, 2.05) is 13.2 Å². The van der Waals surface area contributed by atoms with E-state index in [0.29, 0.717) is 12.0 Å². The summed E-state index contributed by atoms with van der Waals surface area (Å²) in [5.74, 6) is 0. The average Bonchev–Trinajstić information content (AvgIpc) is 2.75. The number of furan rings is 1. The van der Waals surface area contributed by atoms with Crippen LogP contribution in [-0.4, -0.2) is 14.9 Å². The number of aliphatic hydroxyl groups is 1. The Morgan fingerprint density at radius 3 is 3.00 bits per heavy atom. The van der Waals surface area contributed by atoms with Gasteiger partial charge in [-0.2, -0.15) is 5.10 Å². The highest BCUT2D eigenvalue weighted by atomic mass is 35.5. The Morgan fingerprint density at radius 1 is 1.67 bits per heavy atom. The second-order valence-corrected chi connectivity index (χ2v) is 3.74. The SMILES string of the molecule is Cn1cc(CC(O)c2ccoc2Cl)cn1. The Labute approximate surface area is 92.1 Å². The number of aryl methyl sites for hydroxylation is 1. The van der Waals surface area contributed by atoms with Crippen molar-refractivity contribution in [3.8, 4) is 0 Å². The number of halogens is 1. The van der Waals surface area contributed by atoms with Crippen molar-refractivity contribution >= 4 is 11.6 Å². The van der Waals surface area contributed by atoms with Crippen LogP contribution in [0.4, 0.5) is 0 Å². The van der Waals surface area contributed by atoms with Gasteiger partial charge in [0.1, 0.15) is 0 Å². The van der Waals surface area contributed by atoms with Gasteiger partial charge in [-0.1, -0.05) is 0 Å². The van der Waals surface area contributed by atoms with E-state index in [1.54, 1.807) is 16.9 Å². The van der Waals surface area contributed by atoms with Gasteiger partial charge in [0.25, 0.3) is 0 Å². The molecule has 0 aliphatic heterocycles. The molecule has 0 spiro atoms. The molecule has 1 N–H and O–H groups in total. The summed E-state index contributed by atoms with van der Waals surface area (Å²) in [4.78, 5) is 0. The second kappa shape index (κ2) is 4.08. The van der Waals surface area contributed by atoms with E-state index >= 15 is 0 Å². The maximum atomic E-state index is 9.87. The van der Waals surface area contributed by atoms with Gasteiger partial charge >= 0.3 is 0 Å². The summed E-state index contributed by atoms with van der Waals surface area (Å²) < 4.78 is 6.61. The van der Waals surface area contributed by atoms with Crippen LogP contribution in [0.5, 0.6) is 0 Å². The Hall–Kier alpha value is -1.26. The molecule has 2 aromatic rings. The van der Waals surface area contributed by atoms with Gasteiger partial charge in [-0.05, 0) is 23.2 Å². The van der Waals surface area contributed by atoms with Crippen LogP contribution in [0.3, 0.4) is 0 Å². The minimum atomic E-state index is -0.652. The molecule has 4 nitrogen and oxygen atoms in total. The van der Waals surface area contributed by atoms with Gasteiger partial charge in [0.2, 0.25) is 0 Å². The first-order valence-corrected chi connectivity index (χ1v) is 4.93. The number of hydrogen-bond donors (Lipinski definition) is 1. The summed E-state index contributed by atoms with van der Waals surface area (Å²) in [6.07, 6.45) is 4.87. The zero-order chi connectivity index (χ0) is 10.8. The van der Waals surface area contributed by atoms with Gasteiger partial charge in [-0.25, -0.2) is 0 Å². The number of aromatic nitrogens is 2. The third-order valence-electron chi connectivity index (χ3n) is 2.19. The summed E-state index contributed by atoms with van der Waals surface area (Å²) in [6.45, 7) is 0. The first kappa shape index (κ1) is 10.3. The smallest absolute Gasteiger partial charge is 0.198 e. The molecular formula is C10H11ClN2O2. The van der Waals surface area contributed by atoms with Crippen LogP contribution in [0.15, 0.2) is 29.1 Å². The predicted molar refractivity (Wildman–Crippen MR) is 55.6 cm³/mol. The Morgan fingerprint density at radius 2 is 2.47 bits per heavy atom. The van der Waals surface area contributed by atoms with Gasteiger partial charge in [0.15, 0.2) is 5.22 Å². The largest absolute Gasteiger partial charge is 0.453 e. The monoisotopic (exact) mass is 226 g/mol. The molecule has 0 radical (unpaired) electrons. The van der Waals surface area contributed by atoms with Crippen LogP contribution in [0, 0.1) is 0 Å². The zero-order valence-electron chi connectivity index (χ0n) is 8.22. The Kier molecular flexibility index (Phi) is 2.79. The van der Waals surface area contributed by atoms with Crippen LogP contribution in [0.1, 0.15) is 17.2 Å². The highest BCUT2D eigenvalue weighted by molar-refractivity contribution is 6.29. The fourth-order valence-electron chi connectivity index (χ4n) is 1.45. The molecule has 2 rings (SSSR count). The van der Waals surface area contributed by atoms with Crippen molar-refractivity contribution in [2.45, 2.75) is 12.5 Å². The highest BCUT2D eigenvalue weighted by Crippen LogP contribution is 2.26. The molecule has 0 bridgehead atoms. The molecule has 0 aliphatic rings. The third-order valence-corrected chi connectivity index (χ3v) is 2.50. The van der Waals surface area contributed by atoms with E-state index in [4.69, 9.17) is 16.0 Å². The topological polar surface area (TPSA) is 51.2 Å². The third kappa shape index (κ3) is 2.22. The highest BCUT2D eigenvalue weighted by Gasteiger charge is 2.15. The van der Waals surface area contributed by atoms with Gasteiger partial charge < -0.3 is 9.52 Å². The van der Waals surface area contributed by atoms with Crippen molar-refractivity contribution in [3.63, 3.8) is 0 Å². The van der Waals surface area contributed by atoms with Gasteiger partial charge in [-0.15, -0.1) is 0 Å². The van der Waals surface area contributed by atoms with E-state index in [-0.39, 0.29) is 5.22 Å². The number of aliphatic hydroxyl groups excluding tert-OH is 1. The summed E-state index contributed by atoms with van der Waals surface area (Å²) in [7, 11) is 1.83. The molecule has 80 valence electrons. The van der Waals surface area contributed by atoms with Crippen molar-refractivity contribution in [2.75, 3.05) is 0 Å². The molecule has 0 amide bonds. The van der Waals surface area contributed by atoms with E-state index in [9.17, 15) is 5.11 Å². The maximum absolute atomic E-state index is 9.87. The quantitative estimate of drug-likeness (QED) is 0.870. The standard InChI is InChI=1S/C10H11ClN2O2/c1-13-6-7(5-12-13)4-9(14)8-2-3-15-10(8)11/h2-3,5-6,9,14H,4H2,1H3. The van der Waals surface area contributed by atoms with E-state index in [2.05, 4.69) is 5.10 Å². The molecule has 0 saturated heterocycles. The van der Waals surface area contributed by atoms with Gasteiger partial charge in [0, 0.05) is 25.2 Å². The minimum absolute atomic E-state index is 0.242. The zero-order valence-corrected chi connectivity index (χ0v) is 8.98. The number of rotatable bonds is 3. The van der Waals surface area contributed by atoms with Gasteiger partial charge in [-0.3, -0.25) is 4.68 Å². The first-order valence-electron chi connectivity index (χ1n) is 4.55. The number of nitrogens with zero attached hydrogens (tertiary/aromatic N) is 2. The molecule has 0 aliphatic carbocycles. The first-order chi connectivity index (χ1) is 7.16. The summed E-state index contributed by atoms with van der Waals surface area (Å²) in [6, 6.07) is 1.67. The lowest BCUT2D eigenvalue weighted by Gasteiger charge is -2.06. The Balaban J connectivity index is 2.10. The molecule has 0 aromatic carbocycles. The summed E-state index contributed by atoms with van der Waals surface area (Å²) in [5, 5.41) is 14.1. The molecule has 1 atom stereocenters. The normalized spacial score (nSPS) is 13.0. The van der Waals surface area contributed by atoms with Crippen molar-refractivity contribution < 1.29 is 9.52 Å². The van der Waals surface area contributed by atoms with E-state index in [0.717, 1.165) is 5.56 Å². The maximum Gasteiger partial charge on any atom is 0.198 e. The molecule has 0 fully saturated rings. The molecule has 0 saturated carbocycles. The number of hydrogen-bond acceptors (Lipinski definition) is 3. The molecule has 5 heteroatoms. The fraction of sp³-hybridized carbons (Fsp3) is 0.300. The molecule has 2 aromatic heterocycles. The van der Waals surface area contributed by atoms with Crippen LogP contribution in [-0.2, 0) is 13.5 Å². The van der Waals surface area contributed by atoms with E-state index < -0.39 is 6.10 Å². The lowest BCUT2D eigenvalue weighted by atomic mass is 10.1. The van der Waals surface area contributed by atoms with Crippen molar-refractivity contribution in [1.29, 1.82) is 0 Å². The summed E-state index contributed by atoms with van der Waals surface area (Å²) >= 11 is 5.76. The Bertz CT molecular complexity index is 450. The van der Waals surface area contributed by atoms with E-state index in [1.165, 1.54) is 6.26 Å². The van der Waals surface area contributed by atoms with Gasteiger partial charge in [0.05, 0.1) is 18.6 Å². The molecule has 1 unspecified atom stereocenters. The minimum Gasteiger partial charge on any atom is -0.453 e. The predicted octanol–water partition coefficient (Wildman–Crippen LogP) is 1.94. The average molecular weight is 227 g/mol. The van der Waals surface area contributed by atoms with Crippen LogP contribution < -0.4 is 0 Å². The lowest BCUT2D eigenvalue weighted by molar-refractivity contribution is 0.177. The van der Waals surface area contributed by atoms with Crippen LogP contribution >= 0.6 is 11.6 Å². The molecule has 2 heterocycles. The van der Waals surface area contributed by atoms with Crippen LogP contribution in [0.25, 0.3) is 0 Å². The lowest BCUT2D eigenvalue weighted by Crippen LogP contribution is -2.00. The molecular weight excluding hydrogens is 216 g/mol. The van der Waals surface area contributed by atoms with Crippen LogP contribution in [0.2, 0.25) is 5.22 Å². The van der Waals surface area contributed by atoms with Crippen molar-refractivity contribution in [2.24, 2.45) is 7.05 Å². The van der Waals surface area contributed by atoms with Crippen molar-refractivity contribution in [1.82, 2.24) is 9.78 Å². The van der Waals surface area contributed by atoms with Crippen molar-refractivity contribution in [3.05, 3.63) is 41.1 Å².